The molecule has 10 nitrogen and oxygen atoms in total. The van der Waals surface area contributed by atoms with Gasteiger partial charge in [-0.1, -0.05) is 6.92 Å². The quantitative estimate of drug-likeness (QED) is 0.498. The average Bonchev–Trinajstić information content (AvgIpc) is 3.29. The minimum atomic E-state index is -4.33. The van der Waals surface area contributed by atoms with Gasteiger partial charge in [-0.05, 0) is 37.5 Å². The van der Waals surface area contributed by atoms with E-state index in [9.17, 15) is 34.0 Å². The Bertz CT molecular complexity index is 1290. The minimum absolute atomic E-state index is 0.00267. The van der Waals surface area contributed by atoms with Crippen molar-refractivity contribution in [2.24, 2.45) is 10.6 Å². The number of alkyl halides is 2. The summed E-state index contributed by atoms with van der Waals surface area (Å²) in [6, 6.07) is 3.08. The summed E-state index contributed by atoms with van der Waals surface area (Å²) < 4.78 is 104. The van der Waals surface area contributed by atoms with Gasteiger partial charge in [0.05, 0.1) is 16.3 Å². The molecule has 1 aromatic rings. The molecule has 1 saturated heterocycles. The van der Waals surface area contributed by atoms with Gasteiger partial charge in [0, 0.05) is 44.1 Å². The molecule has 3 N–H and O–H groups in total. The van der Waals surface area contributed by atoms with E-state index in [-0.39, 0.29) is 67.8 Å². The van der Waals surface area contributed by atoms with Gasteiger partial charge in [0.1, 0.15) is 4.90 Å². The zero-order valence-corrected chi connectivity index (χ0v) is 21.0. The predicted octanol–water partition coefficient (Wildman–Crippen LogP) is 0.980. The van der Waals surface area contributed by atoms with Gasteiger partial charge in [0.25, 0.3) is 5.92 Å². The number of nitrogens with two attached hydrogens (primary N) is 1. The Balaban J connectivity index is 1.51. The molecule has 0 unspecified atom stereocenters. The van der Waals surface area contributed by atoms with Crippen LogP contribution in [0.15, 0.2) is 28.0 Å². The molecule has 0 aromatic heterocycles. The molecule has 15 heteroatoms. The molecule has 0 radical (unpaired) electrons. The van der Waals surface area contributed by atoms with E-state index in [1.807, 2.05) is 0 Å². The summed E-state index contributed by atoms with van der Waals surface area (Å²) in [6.45, 7) is 1.58. The maximum atomic E-state index is 13.5. The van der Waals surface area contributed by atoms with Crippen LogP contribution in [0.2, 0.25) is 0 Å². The van der Waals surface area contributed by atoms with E-state index >= 15 is 0 Å². The highest BCUT2D eigenvalue weighted by Crippen LogP contribution is 2.71. The molecule has 3 aliphatic rings. The molecule has 34 heavy (non-hydrogen) atoms. The fourth-order valence-corrected chi connectivity index (χ4v) is 8.51. The van der Waals surface area contributed by atoms with Gasteiger partial charge < -0.3 is 5.32 Å². The lowest BCUT2D eigenvalue weighted by atomic mass is 9.76. The largest absolute Gasteiger partial charge is 0.381 e. The first-order chi connectivity index (χ1) is 15.6. The molecule has 2 saturated carbocycles. The molecule has 1 heterocycles. The van der Waals surface area contributed by atoms with Crippen LogP contribution in [0.1, 0.15) is 32.6 Å². The zero-order chi connectivity index (χ0) is 25.2. The number of anilines is 1. The van der Waals surface area contributed by atoms with Gasteiger partial charge in [-0.2, -0.15) is 8.61 Å². The molecule has 0 amide bonds. The molecule has 3 fully saturated rings. The third-order valence-corrected chi connectivity index (χ3v) is 11.7. The van der Waals surface area contributed by atoms with Gasteiger partial charge in [-0.25, -0.2) is 39.2 Å². The first-order valence-electron chi connectivity index (χ1n) is 10.9. The van der Waals surface area contributed by atoms with Crippen LogP contribution < -0.4 is 10.5 Å². The van der Waals surface area contributed by atoms with Crippen molar-refractivity contribution in [2.75, 3.05) is 37.2 Å². The molecular weight excluding hydrogens is 514 g/mol. The van der Waals surface area contributed by atoms with Crippen LogP contribution in [0.4, 0.5) is 14.5 Å². The number of nitrogens with one attached hydrogen (secondary N) is 1. The predicted molar refractivity (Wildman–Crippen MR) is 121 cm³/mol. The summed E-state index contributed by atoms with van der Waals surface area (Å²) in [4.78, 5) is -0.744. The summed E-state index contributed by atoms with van der Waals surface area (Å²) in [5.41, 5.74) is -0.955. The van der Waals surface area contributed by atoms with Gasteiger partial charge >= 0.3 is 0 Å². The van der Waals surface area contributed by atoms with Crippen molar-refractivity contribution >= 4 is 35.8 Å². The maximum absolute atomic E-state index is 13.5. The summed E-state index contributed by atoms with van der Waals surface area (Å²) in [5, 5.41) is 8.22. The molecule has 1 spiro atoms. The standard InChI is InChI=1S/C19H28F2N4O6S3/c1-2-9-32(26,27)24-5-7-25(8-6-24)34(30,31)15-3-4-16(17(10-15)33(22,28)29)23-14-11-18(12-14)13-19(18,20)21/h3-4,10,14,23H,2,5-9,11-13H2,1H3,(H2,22,28,29). The first kappa shape index (κ1) is 25.7. The summed E-state index contributed by atoms with van der Waals surface area (Å²) >= 11 is 0. The van der Waals surface area contributed by atoms with Crippen molar-refractivity contribution in [1.29, 1.82) is 0 Å². The second-order valence-corrected chi connectivity index (χ2v) is 14.8. The topological polar surface area (TPSA) is 147 Å². The van der Waals surface area contributed by atoms with E-state index < -0.39 is 46.3 Å². The van der Waals surface area contributed by atoms with E-state index in [0.717, 1.165) is 10.4 Å². The van der Waals surface area contributed by atoms with Gasteiger partial charge in [0.2, 0.25) is 30.1 Å². The zero-order valence-electron chi connectivity index (χ0n) is 18.6. The second kappa shape index (κ2) is 8.34. The summed E-state index contributed by atoms with van der Waals surface area (Å²) in [7, 11) is -11.9. The minimum Gasteiger partial charge on any atom is -0.381 e. The lowest BCUT2D eigenvalue weighted by molar-refractivity contribution is 0.0247. The molecule has 0 bridgehead atoms. The fraction of sp³-hybridized carbons (Fsp3) is 0.684. The Morgan fingerprint density at radius 1 is 1.03 bits per heavy atom. The van der Waals surface area contributed by atoms with Gasteiger partial charge in [0.15, 0.2) is 0 Å². The monoisotopic (exact) mass is 542 g/mol. The van der Waals surface area contributed by atoms with Crippen molar-refractivity contribution in [3.05, 3.63) is 18.2 Å². The third-order valence-electron chi connectivity index (χ3n) is 6.80. The Morgan fingerprint density at radius 3 is 2.09 bits per heavy atom. The summed E-state index contributed by atoms with van der Waals surface area (Å²) in [6.07, 6.45) is 0.650. The van der Waals surface area contributed by atoms with E-state index in [2.05, 4.69) is 5.32 Å². The van der Waals surface area contributed by atoms with E-state index in [4.69, 9.17) is 5.14 Å². The van der Waals surface area contributed by atoms with Crippen LogP contribution in [0.3, 0.4) is 0 Å². The number of benzene rings is 1. The number of rotatable bonds is 8. The van der Waals surface area contributed by atoms with Crippen LogP contribution in [0, 0.1) is 5.41 Å². The third kappa shape index (κ3) is 4.57. The highest BCUT2D eigenvalue weighted by atomic mass is 32.2. The second-order valence-electron chi connectivity index (χ2n) is 9.23. The summed E-state index contributed by atoms with van der Waals surface area (Å²) in [5.74, 6) is -2.71. The van der Waals surface area contributed by atoms with E-state index in [1.165, 1.54) is 16.4 Å². The lowest BCUT2D eigenvalue weighted by Gasteiger charge is -2.37. The molecular formula is C19H28F2N4O6S3. The first-order valence-corrected chi connectivity index (χ1v) is 15.5. The number of sulfonamides is 3. The maximum Gasteiger partial charge on any atom is 0.254 e. The Morgan fingerprint density at radius 2 is 1.59 bits per heavy atom. The highest BCUT2D eigenvalue weighted by Gasteiger charge is 2.75. The molecule has 2 aliphatic carbocycles. The lowest BCUT2D eigenvalue weighted by Crippen LogP contribution is -2.50. The molecule has 1 aliphatic heterocycles. The number of nitrogens with zero attached hydrogens (tertiary/aromatic N) is 2. The Labute approximate surface area is 198 Å². The SMILES string of the molecule is CCCS(=O)(=O)N1CCN(S(=O)(=O)c2ccc(NC3CC4(C3)CC4(F)F)c(S(N)(=O)=O)c2)CC1. The van der Waals surface area contributed by atoms with E-state index in [1.54, 1.807) is 6.92 Å². The molecule has 0 atom stereocenters. The Hall–Kier alpha value is -1.39. The van der Waals surface area contributed by atoms with Crippen molar-refractivity contribution in [3.8, 4) is 0 Å². The number of primary sulfonamides is 1. The van der Waals surface area contributed by atoms with Crippen LogP contribution in [0.25, 0.3) is 0 Å². The van der Waals surface area contributed by atoms with Crippen LogP contribution in [-0.4, -0.2) is 77.8 Å². The van der Waals surface area contributed by atoms with Crippen LogP contribution >= 0.6 is 0 Å². The Kier molecular flexibility index (Phi) is 6.30. The number of hydrogen-bond acceptors (Lipinski definition) is 7. The number of piperazine rings is 1. The average molecular weight is 543 g/mol. The van der Waals surface area contributed by atoms with Crippen molar-refractivity contribution in [2.45, 2.75) is 54.4 Å². The fourth-order valence-electron chi connectivity index (χ4n) is 4.77. The number of halogens is 2. The van der Waals surface area contributed by atoms with Crippen molar-refractivity contribution in [1.82, 2.24) is 8.61 Å². The molecule has 4 rings (SSSR count). The van der Waals surface area contributed by atoms with Gasteiger partial charge in [-0.3, -0.25) is 0 Å². The van der Waals surface area contributed by atoms with Crippen LogP contribution in [0.5, 0.6) is 0 Å². The molecule has 192 valence electrons. The highest BCUT2D eigenvalue weighted by molar-refractivity contribution is 7.90. The normalized spacial score (nSPS) is 27.9. The van der Waals surface area contributed by atoms with Gasteiger partial charge in [-0.15, -0.1) is 0 Å². The smallest absolute Gasteiger partial charge is 0.254 e. The van der Waals surface area contributed by atoms with E-state index in [0.29, 0.717) is 6.42 Å². The molecule has 1 aromatic carbocycles. The van der Waals surface area contributed by atoms with Crippen molar-refractivity contribution < 1.29 is 34.0 Å². The van der Waals surface area contributed by atoms with Crippen molar-refractivity contribution in [3.63, 3.8) is 0 Å². The van der Waals surface area contributed by atoms with Crippen LogP contribution in [-0.2, 0) is 30.1 Å². The number of hydrogen-bond donors (Lipinski definition) is 2.